The second kappa shape index (κ2) is 5.02. The van der Waals surface area contributed by atoms with Gasteiger partial charge in [-0.25, -0.2) is 0 Å². The van der Waals surface area contributed by atoms with Crippen LogP contribution in [0.2, 0.25) is 11.6 Å². The van der Waals surface area contributed by atoms with E-state index in [4.69, 9.17) is 4.65 Å². The molecule has 6 aliphatic carbocycles. The van der Waals surface area contributed by atoms with Crippen LogP contribution in [-0.2, 0) is 4.65 Å². The summed E-state index contributed by atoms with van der Waals surface area (Å²) in [5.74, 6) is 7.10. The molecule has 0 aliphatic heterocycles. The third-order valence-corrected chi connectivity index (χ3v) is 9.94. The normalized spacial score (nSPS) is 52.3. The third kappa shape index (κ3) is 2.03. The van der Waals surface area contributed by atoms with Crippen molar-refractivity contribution in [1.29, 1.82) is 0 Å². The smallest absolute Gasteiger partial charge is 0.299 e. The van der Waals surface area contributed by atoms with Crippen molar-refractivity contribution in [3.63, 3.8) is 0 Å². The average molecular weight is 316 g/mol. The van der Waals surface area contributed by atoms with Gasteiger partial charge in [0, 0.05) is 7.11 Å². The topological polar surface area (TPSA) is 9.23 Å². The van der Waals surface area contributed by atoms with Gasteiger partial charge in [0.15, 0.2) is 0 Å². The fourth-order valence-corrected chi connectivity index (χ4v) is 7.91. The van der Waals surface area contributed by atoms with Crippen LogP contribution in [-0.4, -0.2) is 14.0 Å². The van der Waals surface area contributed by atoms with Crippen molar-refractivity contribution >= 4 is 6.92 Å². The molecule has 8 atom stereocenters. The van der Waals surface area contributed by atoms with Gasteiger partial charge in [0.05, 0.1) is 0 Å². The Labute approximate surface area is 144 Å². The molecule has 2 heteroatoms. The maximum Gasteiger partial charge on any atom is 0.299 e. The van der Waals surface area contributed by atoms with E-state index in [-0.39, 0.29) is 0 Å². The van der Waals surface area contributed by atoms with Crippen molar-refractivity contribution in [3.8, 4) is 0 Å². The van der Waals surface area contributed by atoms with Crippen molar-refractivity contribution in [2.45, 2.75) is 78.9 Å². The van der Waals surface area contributed by atoms with Gasteiger partial charge in [-0.2, -0.15) is 0 Å². The van der Waals surface area contributed by atoms with Crippen LogP contribution in [0, 0.1) is 46.3 Å². The molecule has 0 aromatic heterocycles. The quantitative estimate of drug-likeness (QED) is 0.601. The predicted molar refractivity (Wildman–Crippen MR) is 98.6 cm³/mol. The Hall–Kier alpha value is 0.0249. The summed E-state index contributed by atoms with van der Waals surface area (Å²) in [5.41, 5.74) is 1.19. The molecule has 6 fully saturated rings. The van der Waals surface area contributed by atoms with Gasteiger partial charge in [-0.3, -0.25) is 0 Å². The molecule has 6 aliphatic rings. The lowest BCUT2D eigenvalue weighted by atomic mass is 9.27. The summed E-state index contributed by atoms with van der Waals surface area (Å²) < 4.78 is 6.24. The van der Waals surface area contributed by atoms with Crippen molar-refractivity contribution in [2.75, 3.05) is 7.11 Å². The Kier molecular flexibility index (Phi) is 3.60. The van der Waals surface area contributed by atoms with Gasteiger partial charge >= 0.3 is 0 Å². The van der Waals surface area contributed by atoms with Crippen LogP contribution in [0.3, 0.4) is 0 Å². The highest BCUT2D eigenvalue weighted by Crippen LogP contribution is 2.69. The predicted octanol–water partition coefficient (Wildman–Crippen LogP) is 5.77. The lowest BCUT2D eigenvalue weighted by Crippen LogP contribution is -2.60. The fourth-order valence-electron chi connectivity index (χ4n) is 7.91. The van der Waals surface area contributed by atoms with Gasteiger partial charge in [-0.15, -0.1) is 0 Å². The van der Waals surface area contributed by atoms with Crippen LogP contribution in [0.4, 0.5) is 0 Å². The highest BCUT2D eigenvalue weighted by Gasteiger charge is 2.62. The summed E-state index contributed by atoms with van der Waals surface area (Å²) in [5, 5.41) is 0. The van der Waals surface area contributed by atoms with Crippen molar-refractivity contribution in [1.82, 2.24) is 0 Å². The Balaban J connectivity index is 1.52. The van der Waals surface area contributed by atoms with Gasteiger partial charge in [0.2, 0.25) is 0 Å². The molecule has 0 amide bonds. The Morgan fingerprint density at radius 3 is 1.39 bits per heavy atom. The fraction of sp³-hybridized carbons (Fsp3) is 1.00. The molecule has 8 unspecified atom stereocenters. The van der Waals surface area contributed by atoms with Crippen molar-refractivity contribution in [2.24, 2.45) is 46.3 Å². The minimum absolute atomic E-state index is 0.516. The molecule has 0 N–H and O–H groups in total. The minimum Gasteiger partial charge on any atom is -0.438 e. The van der Waals surface area contributed by atoms with E-state index in [2.05, 4.69) is 41.5 Å². The standard InChI is InChI=1S/C21H37BO/c1-12-16-8-14(20(16,3)4)10-18(12)22(23-7)19-11-15-9-17(13(19)2)21(15,5)6/h12-19H,8-11H2,1-7H3. The second-order valence-electron chi connectivity index (χ2n) is 10.9. The third-order valence-electron chi connectivity index (χ3n) is 9.94. The van der Waals surface area contributed by atoms with Crippen LogP contribution in [0.5, 0.6) is 0 Å². The maximum atomic E-state index is 6.24. The average Bonchev–Trinajstić information content (AvgIpc) is 2.49. The van der Waals surface area contributed by atoms with Gasteiger partial charge in [-0.05, 0) is 70.8 Å². The first-order valence-corrected chi connectivity index (χ1v) is 10.2. The Morgan fingerprint density at radius 1 is 0.739 bits per heavy atom. The second-order valence-corrected chi connectivity index (χ2v) is 10.9. The zero-order valence-corrected chi connectivity index (χ0v) is 16.4. The molecule has 0 radical (unpaired) electrons. The molecular formula is C21H37BO. The zero-order valence-electron chi connectivity index (χ0n) is 16.4. The first-order chi connectivity index (χ1) is 10.7. The van der Waals surface area contributed by atoms with E-state index in [1.807, 2.05) is 7.11 Å². The minimum atomic E-state index is 0.516. The van der Waals surface area contributed by atoms with Gasteiger partial charge < -0.3 is 4.65 Å². The molecule has 4 bridgehead atoms. The number of hydrogen-bond donors (Lipinski definition) is 0. The highest BCUT2D eigenvalue weighted by molar-refractivity contribution is 6.55. The molecular weight excluding hydrogens is 279 g/mol. The summed E-state index contributed by atoms with van der Waals surface area (Å²) >= 11 is 0. The Morgan fingerprint density at radius 2 is 1.13 bits per heavy atom. The first kappa shape index (κ1) is 16.5. The van der Waals surface area contributed by atoms with E-state index in [0.717, 1.165) is 47.1 Å². The Bertz CT molecular complexity index is 442. The lowest BCUT2D eigenvalue weighted by molar-refractivity contribution is -0.110. The lowest BCUT2D eigenvalue weighted by Gasteiger charge is -2.65. The molecule has 23 heavy (non-hydrogen) atoms. The molecule has 6 rings (SSSR count). The van der Waals surface area contributed by atoms with Gasteiger partial charge in [0.1, 0.15) is 0 Å². The van der Waals surface area contributed by atoms with Crippen LogP contribution in [0.1, 0.15) is 67.2 Å². The first-order valence-electron chi connectivity index (χ1n) is 10.2. The van der Waals surface area contributed by atoms with E-state index < -0.39 is 0 Å². The molecule has 0 aromatic carbocycles. The molecule has 1 nitrogen and oxygen atoms in total. The summed E-state index contributed by atoms with van der Waals surface area (Å²) in [6, 6.07) is 0. The SMILES string of the molecule is COB(C1CC2CC(C1C)C2(C)C)C1CC2CC(C1C)C2(C)C. The molecule has 6 saturated carbocycles. The number of fused-ring (bicyclic) bond motifs is 4. The largest absolute Gasteiger partial charge is 0.438 e. The zero-order chi connectivity index (χ0) is 16.7. The highest BCUT2D eigenvalue weighted by atomic mass is 16.4. The van der Waals surface area contributed by atoms with Gasteiger partial charge in [0.25, 0.3) is 6.92 Å². The summed E-state index contributed by atoms with van der Waals surface area (Å²) in [4.78, 5) is 0. The summed E-state index contributed by atoms with van der Waals surface area (Å²) in [6.07, 6.45) is 5.81. The maximum absolute atomic E-state index is 6.24. The van der Waals surface area contributed by atoms with E-state index in [1.54, 1.807) is 0 Å². The molecule has 0 aromatic rings. The van der Waals surface area contributed by atoms with E-state index in [9.17, 15) is 0 Å². The molecule has 0 spiro atoms. The molecule has 0 heterocycles. The van der Waals surface area contributed by atoms with Crippen LogP contribution >= 0.6 is 0 Å². The summed E-state index contributed by atoms with van der Waals surface area (Å²) in [7, 11) is 2.00. The van der Waals surface area contributed by atoms with Crippen LogP contribution < -0.4 is 0 Å². The van der Waals surface area contributed by atoms with Gasteiger partial charge in [-0.1, -0.05) is 54.4 Å². The summed E-state index contributed by atoms with van der Waals surface area (Å²) in [6.45, 7) is 15.7. The molecule has 0 saturated heterocycles. The van der Waals surface area contributed by atoms with E-state index in [0.29, 0.717) is 17.7 Å². The number of rotatable bonds is 3. The number of hydrogen-bond acceptors (Lipinski definition) is 1. The van der Waals surface area contributed by atoms with Crippen molar-refractivity contribution < 1.29 is 4.65 Å². The van der Waals surface area contributed by atoms with Crippen LogP contribution in [0.15, 0.2) is 0 Å². The van der Waals surface area contributed by atoms with Crippen LogP contribution in [0.25, 0.3) is 0 Å². The monoisotopic (exact) mass is 316 g/mol. The molecule has 130 valence electrons. The van der Waals surface area contributed by atoms with E-state index >= 15 is 0 Å². The van der Waals surface area contributed by atoms with Crippen molar-refractivity contribution in [3.05, 3.63) is 0 Å². The van der Waals surface area contributed by atoms with E-state index in [1.165, 1.54) is 25.7 Å².